The maximum absolute atomic E-state index is 12.5. The number of likely N-dealkylation sites (tertiary alicyclic amines) is 1. The van der Waals surface area contributed by atoms with Crippen LogP contribution in [0.1, 0.15) is 30.4 Å². The molecule has 110 valence electrons. The number of hydrogen-bond acceptors (Lipinski definition) is 4. The molecule has 0 aromatic heterocycles. The van der Waals surface area contributed by atoms with E-state index in [4.69, 9.17) is 4.74 Å². The number of hydrogen-bond donors (Lipinski definition) is 1. The zero-order valence-corrected chi connectivity index (χ0v) is 12.1. The summed E-state index contributed by atoms with van der Waals surface area (Å²) in [5, 5.41) is 10.2. The highest BCUT2D eigenvalue weighted by molar-refractivity contribution is 5.89. The third-order valence-electron chi connectivity index (χ3n) is 6.39. The van der Waals surface area contributed by atoms with E-state index in [1.54, 1.807) is 6.07 Å². The molecule has 2 heterocycles. The van der Waals surface area contributed by atoms with Crippen LogP contribution in [0, 0.1) is 5.92 Å². The van der Waals surface area contributed by atoms with Crippen molar-refractivity contribution in [2.45, 2.75) is 43.2 Å². The summed E-state index contributed by atoms with van der Waals surface area (Å²) < 4.78 is 6.04. The van der Waals surface area contributed by atoms with Crippen molar-refractivity contribution >= 4 is 5.78 Å². The van der Waals surface area contributed by atoms with E-state index >= 15 is 0 Å². The summed E-state index contributed by atoms with van der Waals surface area (Å²) >= 11 is 0. The molecule has 21 heavy (non-hydrogen) atoms. The second-order valence-electron chi connectivity index (χ2n) is 7.10. The Morgan fingerprint density at radius 1 is 1.43 bits per heavy atom. The van der Waals surface area contributed by atoms with Gasteiger partial charge in [-0.15, -0.1) is 0 Å². The molecule has 2 fully saturated rings. The third kappa shape index (κ3) is 1.20. The van der Waals surface area contributed by atoms with Gasteiger partial charge in [-0.3, -0.25) is 4.79 Å². The van der Waals surface area contributed by atoms with Gasteiger partial charge >= 0.3 is 0 Å². The predicted octanol–water partition coefficient (Wildman–Crippen LogP) is 1.63. The summed E-state index contributed by atoms with van der Waals surface area (Å²) in [5.41, 5.74) is 2.26. The van der Waals surface area contributed by atoms with Crippen LogP contribution < -0.4 is 4.74 Å². The zero-order chi connectivity index (χ0) is 14.4. The maximum Gasteiger partial charge on any atom is 0.174 e. The van der Waals surface area contributed by atoms with E-state index in [1.807, 2.05) is 6.07 Å². The lowest BCUT2D eigenvalue weighted by molar-refractivity contribution is -0.138. The molecular formula is C17H19NO3. The van der Waals surface area contributed by atoms with Crippen molar-refractivity contribution in [2.24, 2.45) is 5.92 Å². The molecule has 1 aromatic rings. The Hall–Kier alpha value is -1.55. The fraction of sp³-hybridized carbons (Fsp3) is 0.588. The van der Waals surface area contributed by atoms with Gasteiger partial charge in [-0.25, -0.2) is 0 Å². The topological polar surface area (TPSA) is 49.8 Å². The van der Waals surface area contributed by atoms with E-state index < -0.39 is 0 Å². The Morgan fingerprint density at radius 3 is 3.14 bits per heavy atom. The summed E-state index contributed by atoms with van der Waals surface area (Å²) in [5.74, 6) is 1.50. The first-order chi connectivity index (χ1) is 10.1. The van der Waals surface area contributed by atoms with Gasteiger partial charge in [0.1, 0.15) is 0 Å². The van der Waals surface area contributed by atoms with Crippen LogP contribution in [-0.2, 0) is 16.6 Å². The quantitative estimate of drug-likeness (QED) is 0.787. The molecular weight excluding hydrogens is 266 g/mol. The van der Waals surface area contributed by atoms with Crippen LogP contribution in [-0.4, -0.2) is 41.5 Å². The fourth-order valence-corrected chi connectivity index (χ4v) is 5.52. The van der Waals surface area contributed by atoms with Crippen LogP contribution in [0.3, 0.4) is 0 Å². The molecule has 0 unspecified atom stereocenters. The molecule has 1 saturated carbocycles. The van der Waals surface area contributed by atoms with E-state index in [9.17, 15) is 9.90 Å². The summed E-state index contributed by atoms with van der Waals surface area (Å²) in [7, 11) is 2.20. The van der Waals surface area contributed by atoms with Crippen molar-refractivity contribution in [1.29, 1.82) is 0 Å². The molecule has 5 rings (SSSR count). The second-order valence-corrected chi connectivity index (χ2v) is 7.10. The molecule has 1 saturated heterocycles. The number of ketones is 1. The van der Waals surface area contributed by atoms with Crippen molar-refractivity contribution in [3.63, 3.8) is 0 Å². The molecule has 2 aliphatic heterocycles. The number of likely N-dealkylation sites (N-methyl/N-ethyl adjacent to an activating group) is 1. The van der Waals surface area contributed by atoms with Crippen LogP contribution in [0.25, 0.3) is 0 Å². The van der Waals surface area contributed by atoms with Gasteiger partial charge in [0, 0.05) is 23.4 Å². The van der Waals surface area contributed by atoms with Crippen molar-refractivity contribution in [1.82, 2.24) is 4.90 Å². The van der Waals surface area contributed by atoms with Gasteiger partial charge in [-0.05, 0) is 50.4 Å². The minimum atomic E-state index is -0.366. The molecule has 1 N–H and O–H groups in total. The summed E-state index contributed by atoms with van der Waals surface area (Å²) in [6.07, 6.45) is 3.18. The van der Waals surface area contributed by atoms with Crippen molar-refractivity contribution < 1.29 is 14.6 Å². The average Bonchev–Trinajstić information content (AvgIpc) is 2.83. The highest BCUT2D eigenvalue weighted by atomic mass is 16.5. The van der Waals surface area contributed by atoms with E-state index in [0.29, 0.717) is 24.1 Å². The largest absolute Gasteiger partial charge is 0.504 e. The number of piperidine rings is 1. The molecule has 4 nitrogen and oxygen atoms in total. The molecule has 1 spiro atoms. The van der Waals surface area contributed by atoms with E-state index in [-0.39, 0.29) is 23.1 Å². The van der Waals surface area contributed by atoms with Crippen molar-refractivity contribution in [3.8, 4) is 11.5 Å². The summed E-state index contributed by atoms with van der Waals surface area (Å²) in [4.78, 5) is 14.9. The van der Waals surface area contributed by atoms with Crippen molar-refractivity contribution in [3.05, 3.63) is 23.3 Å². The number of Topliss-reactive ketones (excluding diaryl/α,β-unsaturated/α-hetero) is 1. The van der Waals surface area contributed by atoms with Crippen LogP contribution in [0.15, 0.2) is 12.1 Å². The van der Waals surface area contributed by atoms with Crippen LogP contribution >= 0.6 is 0 Å². The first-order valence-electron chi connectivity index (χ1n) is 7.88. The molecule has 0 amide bonds. The first kappa shape index (κ1) is 12.0. The Labute approximate surface area is 123 Å². The fourth-order valence-electron chi connectivity index (χ4n) is 5.52. The number of ether oxygens (including phenoxy) is 1. The molecule has 0 radical (unpaired) electrons. The van der Waals surface area contributed by atoms with Crippen LogP contribution in [0.2, 0.25) is 0 Å². The van der Waals surface area contributed by atoms with Gasteiger partial charge in [-0.2, -0.15) is 0 Å². The van der Waals surface area contributed by atoms with Crippen LogP contribution in [0.5, 0.6) is 11.5 Å². The molecule has 2 aliphatic carbocycles. The standard InChI is InChI=1S/C17H19NO3/c1-18-7-6-17-10-3-5-13(20)16(17)21-15-12(19)4-2-9(14(15)17)8-11(10)18/h2,4,10-11,16,19H,3,5-8H2,1H3/t10-,11+,16+,17-/m0/s1. The lowest BCUT2D eigenvalue weighted by Gasteiger charge is -2.57. The van der Waals surface area contributed by atoms with Gasteiger partial charge in [-0.1, -0.05) is 6.07 Å². The summed E-state index contributed by atoms with van der Waals surface area (Å²) in [6.45, 7) is 1.00. The number of carbonyl (C=O) groups excluding carboxylic acids is 1. The number of aromatic hydroxyl groups is 1. The van der Waals surface area contributed by atoms with E-state index in [2.05, 4.69) is 11.9 Å². The number of phenolic OH excluding ortho intramolecular Hbond substituents is 1. The normalized spacial score (nSPS) is 39.9. The Balaban J connectivity index is 1.83. The number of carbonyl (C=O) groups is 1. The zero-order valence-electron chi connectivity index (χ0n) is 12.1. The van der Waals surface area contributed by atoms with Gasteiger partial charge < -0.3 is 14.7 Å². The monoisotopic (exact) mass is 285 g/mol. The smallest absolute Gasteiger partial charge is 0.174 e. The minimum Gasteiger partial charge on any atom is -0.504 e. The number of phenols is 1. The SMILES string of the molecule is CN1CC[C@]23c4c5ccc(O)c4O[C@@H]2C(=O)CC[C@H]3[C@H]1C5. The van der Waals surface area contributed by atoms with Crippen LogP contribution in [0.4, 0.5) is 0 Å². The molecule has 4 atom stereocenters. The first-order valence-corrected chi connectivity index (χ1v) is 7.88. The third-order valence-corrected chi connectivity index (χ3v) is 6.39. The van der Waals surface area contributed by atoms with Gasteiger partial charge in [0.15, 0.2) is 23.4 Å². The summed E-state index contributed by atoms with van der Waals surface area (Å²) in [6, 6.07) is 4.26. The van der Waals surface area contributed by atoms with E-state index in [0.717, 1.165) is 31.4 Å². The Bertz CT molecular complexity index is 670. The van der Waals surface area contributed by atoms with E-state index in [1.165, 1.54) is 5.56 Å². The lowest BCUT2D eigenvalue weighted by atomic mass is 9.52. The predicted molar refractivity (Wildman–Crippen MR) is 76.7 cm³/mol. The van der Waals surface area contributed by atoms with Gasteiger partial charge in [0.05, 0.1) is 0 Å². The number of rotatable bonds is 0. The Kier molecular flexibility index (Phi) is 2.07. The van der Waals surface area contributed by atoms with Gasteiger partial charge in [0.2, 0.25) is 0 Å². The molecule has 2 bridgehead atoms. The lowest BCUT2D eigenvalue weighted by Crippen LogP contribution is -2.65. The highest BCUT2D eigenvalue weighted by Gasteiger charge is 2.65. The maximum atomic E-state index is 12.5. The Morgan fingerprint density at radius 2 is 2.29 bits per heavy atom. The number of benzene rings is 1. The van der Waals surface area contributed by atoms with Gasteiger partial charge in [0.25, 0.3) is 0 Å². The van der Waals surface area contributed by atoms with Crippen molar-refractivity contribution in [2.75, 3.05) is 13.6 Å². The molecule has 4 aliphatic rings. The number of nitrogens with zero attached hydrogens (tertiary/aromatic N) is 1. The second kappa shape index (κ2) is 3.61. The highest BCUT2D eigenvalue weighted by Crippen LogP contribution is 2.62. The molecule has 1 aromatic carbocycles. The minimum absolute atomic E-state index is 0.172. The average molecular weight is 285 g/mol. The molecule has 4 heteroatoms.